The molecule has 7 nitrogen and oxygen atoms in total. The second-order valence-electron chi connectivity index (χ2n) is 6.28. The normalized spacial score (nSPS) is 14.7. The maximum Gasteiger partial charge on any atom is 0.255 e. The van der Waals surface area contributed by atoms with E-state index in [1.165, 1.54) is 43.3 Å². The van der Waals surface area contributed by atoms with Gasteiger partial charge in [-0.15, -0.1) is 0 Å². The lowest BCUT2D eigenvalue weighted by Crippen LogP contribution is -2.26. The Bertz CT molecular complexity index is 1070. The van der Waals surface area contributed by atoms with Gasteiger partial charge in [-0.3, -0.25) is 4.79 Å². The molecule has 1 saturated carbocycles. The van der Waals surface area contributed by atoms with Crippen LogP contribution in [0.1, 0.15) is 30.1 Å². The van der Waals surface area contributed by atoms with Crippen LogP contribution < -0.4 is 10.0 Å². The van der Waals surface area contributed by atoms with E-state index in [1.807, 2.05) is 0 Å². The molecule has 2 N–H and O–H groups in total. The lowest BCUT2D eigenvalue weighted by molar-refractivity contribution is 0.102. The van der Waals surface area contributed by atoms with Crippen molar-refractivity contribution in [1.29, 1.82) is 0 Å². The minimum atomic E-state index is -3.69. The molecule has 1 aliphatic rings. The van der Waals surface area contributed by atoms with Gasteiger partial charge in [0.25, 0.3) is 5.91 Å². The average Bonchev–Trinajstić information content (AvgIpc) is 3.45. The molecule has 1 aliphatic carbocycles. The van der Waals surface area contributed by atoms with Crippen LogP contribution in [-0.4, -0.2) is 34.5 Å². The Morgan fingerprint density at radius 3 is 2.41 bits per heavy atom. The summed E-state index contributed by atoms with van der Waals surface area (Å²) in [7, 11) is -7.20. The Labute approximate surface area is 158 Å². The number of rotatable bonds is 7. The monoisotopic (exact) mass is 408 g/mol. The van der Waals surface area contributed by atoms with Crippen LogP contribution in [0.4, 0.5) is 5.69 Å². The molecule has 0 aliphatic heterocycles. The summed E-state index contributed by atoms with van der Waals surface area (Å²) in [5.74, 6) is -0.683. The van der Waals surface area contributed by atoms with Gasteiger partial charge < -0.3 is 5.32 Å². The standard InChI is InChI=1S/C18H20N2O5S2/c1-2-26(22,23)17-9-4-3-8-16(17)19-18(21)13-6-5-7-15(12-13)27(24,25)20-14-10-11-14/h3-9,12,14,20H,2,10-11H2,1H3,(H,19,21). The van der Waals surface area contributed by atoms with E-state index in [0.29, 0.717) is 0 Å². The van der Waals surface area contributed by atoms with Crippen LogP contribution in [0, 0.1) is 0 Å². The number of sulfone groups is 1. The quantitative estimate of drug-likeness (QED) is 0.730. The van der Waals surface area contributed by atoms with Gasteiger partial charge in [-0.05, 0) is 43.2 Å². The zero-order valence-electron chi connectivity index (χ0n) is 14.7. The first-order valence-electron chi connectivity index (χ1n) is 8.48. The first-order valence-corrected chi connectivity index (χ1v) is 11.6. The van der Waals surface area contributed by atoms with Crippen LogP contribution in [0.5, 0.6) is 0 Å². The first kappa shape index (κ1) is 19.5. The van der Waals surface area contributed by atoms with Crippen molar-refractivity contribution in [2.45, 2.75) is 35.6 Å². The molecule has 0 spiro atoms. The van der Waals surface area contributed by atoms with Gasteiger partial charge in [0, 0.05) is 11.6 Å². The van der Waals surface area contributed by atoms with Gasteiger partial charge in [0.05, 0.1) is 21.2 Å². The van der Waals surface area contributed by atoms with Crippen LogP contribution in [0.15, 0.2) is 58.3 Å². The van der Waals surface area contributed by atoms with Gasteiger partial charge in [-0.25, -0.2) is 21.6 Å². The summed E-state index contributed by atoms with van der Waals surface area (Å²) in [5.41, 5.74) is 0.283. The lowest BCUT2D eigenvalue weighted by Gasteiger charge is -2.12. The third-order valence-electron chi connectivity index (χ3n) is 4.16. The summed E-state index contributed by atoms with van der Waals surface area (Å²) >= 11 is 0. The predicted molar refractivity (Wildman–Crippen MR) is 102 cm³/mol. The smallest absolute Gasteiger partial charge is 0.255 e. The van der Waals surface area contributed by atoms with E-state index in [2.05, 4.69) is 10.0 Å². The molecule has 3 rings (SSSR count). The molecule has 144 valence electrons. The number of nitrogens with one attached hydrogen (secondary N) is 2. The Morgan fingerprint density at radius 1 is 1.04 bits per heavy atom. The molecule has 9 heteroatoms. The number of sulfonamides is 1. The fraction of sp³-hybridized carbons (Fsp3) is 0.278. The van der Waals surface area contributed by atoms with Gasteiger partial charge in [-0.2, -0.15) is 0 Å². The van der Waals surface area contributed by atoms with E-state index in [4.69, 9.17) is 0 Å². The lowest BCUT2D eigenvalue weighted by atomic mass is 10.2. The van der Waals surface area contributed by atoms with Crippen LogP contribution in [-0.2, 0) is 19.9 Å². The van der Waals surface area contributed by atoms with Crippen LogP contribution in [0.3, 0.4) is 0 Å². The predicted octanol–water partition coefficient (Wildman–Crippen LogP) is 2.17. The summed E-state index contributed by atoms with van der Waals surface area (Å²) in [6, 6.07) is 11.7. The van der Waals surface area contributed by atoms with Crippen molar-refractivity contribution in [3.8, 4) is 0 Å². The van der Waals surface area contributed by atoms with E-state index < -0.39 is 25.8 Å². The Balaban J connectivity index is 1.87. The molecule has 0 heterocycles. The largest absolute Gasteiger partial charge is 0.321 e. The molecule has 0 aromatic heterocycles. The highest BCUT2D eigenvalue weighted by Gasteiger charge is 2.28. The van der Waals surface area contributed by atoms with E-state index >= 15 is 0 Å². The first-order chi connectivity index (χ1) is 12.7. The molecule has 2 aromatic rings. The second-order valence-corrected chi connectivity index (χ2v) is 10.2. The number of hydrogen-bond donors (Lipinski definition) is 2. The van der Waals surface area contributed by atoms with Crippen molar-refractivity contribution in [2.24, 2.45) is 0 Å². The van der Waals surface area contributed by atoms with Crippen molar-refractivity contribution in [3.63, 3.8) is 0 Å². The minimum Gasteiger partial charge on any atom is -0.321 e. The molecule has 0 saturated heterocycles. The molecular formula is C18H20N2O5S2. The maximum atomic E-state index is 12.6. The van der Waals surface area contributed by atoms with Gasteiger partial charge in [0.1, 0.15) is 0 Å². The van der Waals surface area contributed by atoms with Crippen molar-refractivity contribution in [3.05, 3.63) is 54.1 Å². The number of carbonyl (C=O) groups is 1. The zero-order valence-corrected chi connectivity index (χ0v) is 16.3. The van der Waals surface area contributed by atoms with Crippen molar-refractivity contribution in [1.82, 2.24) is 4.72 Å². The summed E-state index contributed by atoms with van der Waals surface area (Å²) in [6.07, 6.45) is 1.62. The number of hydrogen-bond acceptors (Lipinski definition) is 5. The molecule has 1 amide bonds. The molecule has 0 atom stereocenters. The van der Waals surface area contributed by atoms with Gasteiger partial charge in [0.2, 0.25) is 10.0 Å². The summed E-state index contributed by atoms with van der Waals surface area (Å²) in [4.78, 5) is 12.6. The molecule has 0 radical (unpaired) electrons. The van der Waals surface area contributed by atoms with Gasteiger partial charge >= 0.3 is 0 Å². The minimum absolute atomic E-state index is 0.00323. The summed E-state index contributed by atoms with van der Waals surface area (Å²) < 4.78 is 51.6. The third-order valence-corrected chi connectivity index (χ3v) is 7.46. The fourth-order valence-electron chi connectivity index (χ4n) is 2.48. The van der Waals surface area contributed by atoms with Crippen LogP contribution >= 0.6 is 0 Å². The summed E-state index contributed by atoms with van der Waals surface area (Å²) in [5, 5.41) is 2.57. The highest BCUT2D eigenvalue weighted by Crippen LogP contribution is 2.24. The Kier molecular flexibility index (Phi) is 5.36. The van der Waals surface area contributed by atoms with Crippen molar-refractivity contribution in [2.75, 3.05) is 11.1 Å². The Hall–Kier alpha value is -2.23. The van der Waals surface area contributed by atoms with Crippen LogP contribution in [0.2, 0.25) is 0 Å². The molecule has 27 heavy (non-hydrogen) atoms. The summed E-state index contributed by atoms with van der Waals surface area (Å²) in [6.45, 7) is 1.52. The van der Waals surface area contributed by atoms with Gasteiger partial charge in [-0.1, -0.05) is 25.1 Å². The van der Waals surface area contributed by atoms with Crippen molar-refractivity contribution < 1.29 is 21.6 Å². The van der Waals surface area contributed by atoms with Crippen LogP contribution in [0.25, 0.3) is 0 Å². The molecule has 2 aromatic carbocycles. The third kappa shape index (κ3) is 4.55. The van der Waals surface area contributed by atoms with Gasteiger partial charge in [0.15, 0.2) is 9.84 Å². The Morgan fingerprint density at radius 2 is 1.74 bits per heavy atom. The molecule has 0 unspecified atom stereocenters. The number of anilines is 1. The fourth-order valence-corrected chi connectivity index (χ4v) is 4.89. The number of amides is 1. The highest BCUT2D eigenvalue weighted by atomic mass is 32.2. The molecule has 0 bridgehead atoms. The highest BCUT2D eigenvalue weighted by molar-refractivity contribution is 7.91. The van der Waals surface area contributed by atoms with E-state index in [0.717, 1.165) is 12.8 Å². The topological polar surface area (TPSA) is 109 Å². The second kappa shape index (κ2) is 7.41. The molecular weight excluding hydrogens is 388 g/mol. The number of benzene rings is 2. The van der Waals surface area contributed by atoms with E-state index in [-0.39, 0.29) is 32.8 Å². The molecule has 1 fully saturated rings. The van der Waals surface area contributed by atoms with Crippen molar-refractivity contribution >= 4 is 31.5 Å². The SMILES string of the molecule is CCS(=O)(=O)c1ccccc1NC(=O)c1cccc(S(=O)(=O)NC2CC2)c1. The number of carbonyl (C=O) groups excluding carboxylic acids is 1. The average molecular weight is 409 g/mol. The van der Waals surface area contributed by atoms with E-state index in [1.54, 1.807) is 12.1 Å². The number of para-hydroxylation sites is 1. The van der Waals surface area contributed by atoms with E-state index in [9.17, 15) is 21.6 Å². The maximum absolute atomic E-state index is 12.6. The zero-order chi connectivity index (χ0) is 19.7.